The Bertz CT molecular complexity index is 1010. The maximum Gasteiger partial charge on any atom is 0.300 e. The monoisotopic (exact) mass is 456 g/mol. The fourth-order valence-electron chi connectivity index (χ4n) is 3.91. The van der Waals surface area contributed by atoms with Crippen molar-refractivity contribution in [1.82, 2.24) is 15.0 Å². The molecule has 31 heavy (non-hydrogen) atoms. The first-order valence-electron chi connectivity index (χ1n) is 10.4. The summed E-state index contributed by atoms with van der Waals surface area (Å²) in [6.45, 7) is 3.45. The maximum atomic E-state index is 13.1. The van der Waals surface area contributed by atoms with E-state index in [1.54, 1.807) is 30.3 Å². The number of rotatable bonds is 4. The van der Waals surface area contributed by atoms with Crippen LogP contribution in [-0.4, -0.2) is 52.3 Å². The molecule has 160 valence electrons. The van der Waals surface area contributed by atoms with Crippen LogP contribution in [0.1, 0.15) is 31.2 Å². The highest BCUT2D eigenvalue weighted by Gasteiger charge is 2.39. The van der Waals surface area contributed by atoms with Gasteiger partial charge in [-0.2, -0.15) is 15.0 Å². The predicted octanol–water partition coefficient (Wildman–Crippen LogP) is 3.97. The van der Waals surface area contributed by atoms with Gasteiger partial charge in [-0.05, 0) is 61.2 Å². The van der Waals surface area contributed by atoms with E-state index in [-0.39, 0.29) is 5.95 Å². The van der Waals surface area contributed by atoms with Crippen molar-refractivity contribution < 1.29 is 9.59 Å². The molecule has 8 nitrogen and oxygen atoms in total. The van der Waals surface area contributed by atoms with Gasteiger partial charge in [0.2, 0.25) is 17.8 Å². The Morgan fingerprint density at radius 1 is 0.806 bits per heavy atom. The Hall–Kier alpha value is -2.65. The minimum Gasteiger partial charge on any atom is -0.341 e. The maximum absolute atomic E-state index is 13.1. The Kier molecular flexibility index (Phi) is 5.54. The summed E-state index contributed by atoms with van der Waals surface area (Å²) in [7, 11) is 0. The lowest BCUT2D eigenvalue weighted by atomic mass is 10.2. The second-order valence-corrected chi connectivity index (χ2v) is 9.12. The van der Waals surface area contributed by atoms with Crippen LogP contribution in [0.15, 0.2) is 29.2 Å². The summed E-state index contributed by atoms with van der Waals surface area (Å²) in [6, 6.07) is 7.09. The number of halogens is 1. The lowest BCUT2D eigenvalue weighted by Crippen LogP contribution is -2.32. The van der Waals surface area contributed by atoms with Crippen molar-refractivity contribution in [3.8, 4) is 0 Å². The van der Waals surface area contributed by atoms with Crippen LogP contribution in [0.2, 0.25) is 5.02 Å². The minimum atomic E-state index is -0.420. The van der Waals surface area contributed by atoms with Crippen molar-refractivity contribution in [2.24, 2.45) is 0 Å². The molecule has 0 bridgehead atoms. The van der Waals surface area contributed by atoms with Crippen LogP contribution < -0.4 is 14.7 Å². The third kappa shape index (κ3) is 4.12. The van der Waals surface area contributed by atoms with Crippen LogP contribution >= 0.6 is 23.4 Å². The van der Waals surface area contributed by atoms with Gasteiger partial charge in [0.1, 0.15) is 0 Å². The lowest BCUT2D eigenvalue weighted by molar-refractivity contribution is -0.113. The van der Waals surface area contributed by atoms with Gasteiger partial charge >= 0.3 is 5.24 Å². The highest BCUT2D eigenvalue weighted by molar-refractivity contribution is 8.19. The second kappa shape index (κ2) is 8.47. The molecular weight excluding hydrogens is 436 g/mol. The number of amides is 2. The third-order valence-corrected chi connectivity index (χ3v) is 6.66. The summed E-state index contributed by atoms with van der Waals surface area (Å²) in [4.78, 5) is 45.2. The molecular formula is C21H21ClN6O2S. The number of hydrogen-bond donors (Lipinski definition) is 0. The molecule has 0 unspecified atom stereocenters. The van der Waals surface area contributed by atoms with E-state index in [1.807, 2.05) is 0 Å². The first kappa shape index (κ1) is 20.3. The van der Waals surface area contributed by atoms with Gasteiger partial charge in [-0.1, -0.05) is 23.7 Å². The molecule has 1 aromatic heterocycles. The number of benzene rings is 1. The SMILES string of the molecule is O=C1S/C(=C/c2ccc(Cl)cc2)C(=O)N1c1nc(N2CCCC2)nc(N2CCCC2)n1. The van der Waals surface area contributed by atoms with Crippen molar-refractivity contribution in [2.75, 3.05) is 40.9 Å². The van der Waals surface area contributed by atoms with Crippen LogP contribution in [0.4, 0.5) is 22.6 Å². The fraction of sp³-hybridized carbons (Fsp3) is 0.381. The van der Waals surface area contributed by atoms with Gasteiger partial charge in [0.05, 0.1) is 4.91 Å². The molecule has 0 atom stereocenters. The molecule has 3 saturated heterocycles. The zero-order valence-electron chi connectivity index (χ0n) is 16.8. The van der Waals surface area contributed by atoms with Crippen molar-refractivity contribution in [3.05, 3.63) is 39.8 Å². The van der Waals surface area contributed by atoms with Crippen molar-refractivity contribution in [2.45, 2.75) is 25.7 Å². The number of aromatic nitrogens is 3. The molecule has 3 aliphatic heterocycles. The smallest absolute Gasteiger partial charge is 0.300 e. The average Bonchev–Trinajstić information content (AvgIpc) is 3.52. The minimum absolute atomic E-state index is 0.0980. The first-order chi connectivity index (χ1) is 15.1. The fourth-order valence-corrected chi connectivity index (χ4v) is 4.85. The van der Waals surface area contributed by atoms with E-state index < -0.39 is 11.1 Å². The van der Waals surface area contributed by atoms with Gasteiger partial charge in [-0.3, -0.25) is 9.59 Å². The molecule has 0 N–H and O–H groups in total. The van der Waals surface area contributed by atoms with Crippen LogP contribution in [0.5, 0.6) is 0 Å². The molecule has 4 heterocycles. The van der Waals surface area contributed by atoms with E-state index in [1.165, 1.54) is 0 Å². The summed E-state index contributed by atoms with van der Waals surface area (Å²) < 4.78 is 0. The highest BCUT2D eigenvalue weighted by Crippen LogP contribution is 2.36. The topological polar surface area (TPSA) is 82.5 Å². The van der Waals surface area contributed by atoms with Gasteiger partial charge in [0, 0.05) is 31.2 Å². The van der Waals surface area contributed by atoms with E-state index in [0.717, 1.165) is 74.1 Å². The average molecular weight is 457 g/mol. The quantitative estimate of drug-likeness (QED) is 0.639. The van der Waals surface area contributed by atoms with Crippen molar-refractivity contribution in [3.63, 3.8) is 0 Å². The standard InChI is InChI=1S/C21H21ClN6O2S/c22-15-7-5-14(6-8-15)13-16-17(29)28(21(30)31-16)20-24-18(26-9-1-2-10-26)23-19(25-20)27-11-3-4-12-27/h5-8,13H,1-4,9-12H2/b16-13+. The van der Waals surface area contributed by atoms with Gasteiger partial charge in [0.15, 0.2) is 0 Å². The number of imide groups is 1. The Morgan fingerprint density at radius 3 is 1.87 bits per heavy atom. The molecule has 1 aromatic carbocycles. The molecule has 0 aliphatic carbocycles. The van der Waals surface area contributed by atoms with E-state index in [9.17, 15) is 9.59 Å². The normalized spacial score (nSPS) is 20.5. The highest BCUT2D eigenvalue weighted by atomic mass is 35.5. The summed E-state index contributed by atoms with van der Waals surface area (Å²) in [5, 5.41) is 0.204. The van der Waals surface area contributed by atoms with Crippen LogP contribution in [0, 0.1) is 0 Å². The van der Waals surface area contributed by atoms with Gasteiger partial charge < -0.3 is 9.80 Å². The summed E-state index contributed by atoms with van der Waals surface area (Å²) in [5.41, 5.74) is 0.793. The molecule has 0 spiro atoms. The van der Waals surface area contributed by atoms with E-state index in [2.05, 4.69) is 24.8 Å². The van der Waals surface area contributed by atoms with Gasteiger partial charge in [0.25, 0.3) is 5.91 Å². The lowest BCUT2D eigenvalue weighted by Gasteiger charge is -2.22. The number of nitrogens with zero attached hydrogens (tertiary/aromatic N) is 6. The summed E-state index contributed by atoms with van der Waals surface area (Å²) >= 11 is 6.82. The molecule has 3 fully saturated rings. The second-order valence-electron chi connectivity index (χ2n) is 7.69. The summed E-state index contributed by atoms with van der Waals surface area (Å²) in [6.07, 6.45) is 5.99. The molecule has 0 radical (unpaired) electrons. The molecule has 2 amide bonds. The number of carbonyl (C=O) groups is 2. The molecule has 10 heteroatoms. The van der Waals surface area contributed by atoms with E-state index in [4.69, 9.17) is 11.6 Å². The van der Waals surface area contributed by atoms with E-state index in [0.29, 0.717) is 21.8 Å². The predicted molar refractivity (Wildman–Crippen MR) is 123 cm³/mol. The molecule has 5 rings (SSSR count). The Labute approximate surface area is 189 Å². The van der Waals surface area contributed by atoms with Crippen LogP contribution in [0.3, 0.4) is 0 Å². The number of hydrogen-bond acceptors (Lipinski definition) is 8. The zero-order chi connectivity index (χ0) is 21.4. The van der Waals surface area contributed by atoms with Crippen LogP contribution in [-0.2, 0) is 4.79 Å². The number of carbonyl (C=O) groups excluding carboxylic acids is 2. The third-order valence-electron chi connectivity index (χ3n) is 5.54. The Morgan fingerprint density at radius 2 is 1.32 bits per heavy atom. The Balaban J connectivity index is 1.50. The van der Waals surface area contributed by atoms with Gasteiger partial charge in [-0.15, -0.1) is 0 Å². The zero-order valence-corrected chi connectivity index (χ0v) is 18.4. The molecule has 0 saturated carbocycles. The van der Waals surface area contributed by atoms with E-state index >= 15 is 0 Å². The van der Waals surface area contributed by atoms with Gasteiger partial charge in [-0.25, -0.2) is 4.90 Å². The largest absolute Gasteiger partial charge is 0.341 e. The van der Waals surface area contributed by atoms with Crippen LogP contribution in [0.25, 0.3) is 6.08 Å². The summed E-state index contributed by atoms with van der Waals surface area (Å²) in [5.74, 6) is 0.743. The van der Waals surface area contributed by atoms with Crippen molar-refractivity contribution >= 4 is 58.4 Å². The molecule has 3 aliphatic rings. The molecule has 2 aromatic rings. The van der Waals surface area contributed by atoms with Crippen molar-refractivity contribution in [1.29, 1.82) is 0 Å². The number of thioether (sulfide) groups is 1. The number of anilines is 3. The first-order valence-corrected chi connectivity index (χ1v) is 11.6.